The number of hydrogen-bond acceptors (Lipinski definition) is 2. The predicted molar refractivity (Wildman–Crippen MR) is 80.7 cm³/mol. The molecule has 0 aliphatic rings. The highest BCUT2D eigenvalue weighted by atomic mass is 32.1. The lowest BCUT2D eigenvalue weighted by Gasteiger charge is -2.12. The SMILES string of the molecule is CC(C)n1c(-c2cccc3ccccc23)n[nH]c1=S. The van der Waals surface area contributed by atoms with Gasteiger partial charge in [0.15, 0.2) is 10.6 Å². The maximum atomic E-state index is 5.32. The van der Waals surface area contributed by atoms with E-state index >= 15 is 0 Å². The van der Waals surface area contributed by atoms with Crippen LogP contribution in [0.4, 0.5) is 0 Å². The zero-order chi connectivity index (χ0) is 13.4. The minimum absolute atomic E-state index is 0.278. The van der Waals surface area contributed by atoms with E-state index < -0.39 is 0 Å². The fourth-order valence-electron chi connectivity index (χ4n) is 2.39. The van der Waals surface area contributed by atoms with Gasteiger partial charge in [0.05, 0.1) is 0 Å². The van der Waals surface area contributed by atoms with Gasteiger partial charge in [0.25, 0.3) is 0 Å². The Kier molecular flexibility index (Phi) is 2.95. The summed E-state index contributed by atoms with van der Waals surface area (Å²) in [5, 5.41) is 9.71. The summed E-state index contributed by atoms with van der Waals surface area (Å²) in [5.74, 6) is 0.900. The van der Waals surface area contributed by atoms with E-state index in [0.717, 1.165) is 11.4 Å². The average Bonchev–Trinajstić information content (AvgIpc) is 2.80. The average molecular weight is 269 g/mol. The fraction of sp³-hybridized carbons (Fsp3) is 0.200. The summed E-state index contributed by atoms with van der Waals surface area (Å²) in [7, 11) is 0. The Bertz CT molecular complexity index is 778. The molecule has 1 N–H and O–H groups in total. The number of H-pyrrole nitrogens is 1. The van der Waals surface area contributed by atoms with Crippen LogP contribution in [0.5, 0.6) is 0 Å². The molecule has 19 heavy (non-hydrogen) atoms. The molecule has 0 aliphatic carbocycles. The molecular weight excluding hydrogens is 254 g/mol. The number of aromatic amines is 1. The first-order chi connectivity index (χ1) is 9.18. The van der Waals surface area contributed by atoms with Gasteiger partial charge >= 0.3 is 0 Å². The highest BCUT2D eigenvalue weighted by Crippen LogP contribution is 2.28. The van der Waals surface area contributed by atoms with E-state index in [1.54, 1.807) is 0 Å². The van der Waals surface area contributed by atoms with Crippen molar-refractivity contribution >= 4 is 23.0 Å². The lowest BCUT2D eigenvalue weighted by molar-refractivity contribution is 0.597. The zero-order valence-electron chi connectivity index (χ0n) is 10.9. The molecule has 0 unspecified atom stereocenters. The lowest BCUT2D eigenvalue weighted by atomic mass is 10.0. The van der Waals surface area contributed by atoms with Gasteiger partial charge in [-0.3, -0.25) is 9.67 Å². The molecule has 0 saturated carbocycles. The maximum Gasteiger partial charge on any atom is 0.195 e. The number of fused-ring (bicyclic) bond motifs is 1. The number of rotatable bonds is 2. The topological polar surface area (TPSA) is 33.6 Å². The molecule has 4 heteroatoms. The van der Waals surface area contributed by atoms with Gasteiger partial charge in [0.2, 0.25) is 0 Å². The van der Waals surface area contributed by atoms with E-state index in [2.05, 4.69) is 58.9 Å². The normalized spacial score (nSPS) is 11.3. The van der Waals surface area contributed by atoms with Crippen LogP contribution in [0.2, 0.25) is 0 Å². The van der Waals surface area contributed by atoms with Gasteiger partial charge in [-0.15, -0.1) is 0 Å². The standard InChI is InChI=1S/C15H15N3S/c1-10(2)18-14(16-17-15(18)19)13-9-5-7-11-6-3-4-8-12(11)13/h3-10H,1-2H3,(H,17,19). The lowest BCUT2D eigenvalue weighted by Crippen LogP contribution is -2.03. The number of nitrogens with one attached hydrogen (secondary N) is 1. The van der Waals surface area contributed by atoms with Crippen LogP contribution in [0, 0.1) is 4.77 Å². The molecule has 1 heterocycles. The maximum absolute atomic E-state index is 5.32. The van der Waals surface area contributed by atoms with Crippen LogP contribution >= 0.6 is 12.2 Å². The van der Waals surface area contributed by atoms with Gasteiger partial charge < -0.3 is 0 Å². The van der Waals surface area contributed by atoms with Crippen LogP contribution in [0.3, 0.4) is 0 Å². The highest BCUT2D eigenvalue weighted by molar-refractivity contribution is 7.71. The van der Waals surface area contributed by atoms with Crippen LogP contribution in [-0.4, -0.2) is 14.8 Å². The van der Waals surface area contributed by atoms with Crippen molar-refractivity contribution in [2.24, 2.45) is 0 Å². The van der Waals surface area contributed by atoms with Gasteiger partial charge in [-0.2, -0.15) is 5.10 Å². The van der Waals surface area contributed by atoms with Gasteiger partial charge in [0, 0.05) is 11.6 Å². The first-order valence-corrected chi connectivity index (χ1v) is 6.74. The second kappa shape index (κ2) is 4.63. The molecule has 0 amide bonds. The smallest absolute Gasteiger partial charge is 0.195 e. The quantitative estimate of drug-likeness (QED) is 0.702. The van der Waals surface area contributed by atoms with Crippen LogP contribution in [0.25, 0.3) is 22.2 Å². The van der Waals surface area contributed by atoms with Crippen LogP contribution in [0.1, 0.15) is 19.9 Å². The first-order valence-electron chi connectivity index (χ1n) is 6.33. The predicted octanol–water partition coefficient (Wildman–Crippen LogP) is 4.34. The molecule has 0 aliphatic heterocycles. The Morgan fingerprint density at radius 3 is 2.63 bits per heavy atom. The molecule has 3 rings (SSSR count). The minimum atomic E-state index is 0.278. The number of nitrogens with zero attached hydrogens (tertiary/aromatic N) is 2. The summed E-state index contributed by atoms with van der Waals surface area (Å²) in [6, 6.07) is 14.9. The molecule has 3 nitrogen and oxygen atoms in total. The van der Waals surface area contributed by atoms with Crippen LogP contribution in [0.15, 0.2) is 42.5 Å². The van der Waals surface area contributed by atoms with Crippen LogP contribution in [-0.2, 0) is 0 Å². The zero-order valence-corrected chi connectivity index (χ0v) is 11.7. The Balaban J connectivity index is 2.34. The molecule has 0 saturated heterocycles. The summed E-state index contributed by atoms with van der Waals surface area (Å²) in [4.78, 5) is 0. The summed E-state index contributed by atoms with van der Waals surface area (Å²) < 4.78 is 2.72. The Labute approximate surface area is 116 Å². The molecule has 0 bridgehead atoms. The summed E-state index contributed by atoms with van der Waals surface area (Å²) in [6.07, 6.45) is 0. The number of aromatic nitrogens is 3. The third kappa shape index (κ3) is 1.98. The second-order valence-electron chi connectivity index (χ2n) is 4.84. The molecule has 1 aromatic heterocycles. The molecule has 0 radical (unpaired) electrons. The Morgan fingerprint density at radius 2 is 1.84 bits per heavy atom. The minimum Gasteiger partial charge on any atom is -0.298 e. The van der Waals surface area contributed by atoms with E-state index in [1.165, 1.54) is 10.8 Å². The largest absolute Gasteiger partial charge is 0.298 e. The fourth-order valence-corrected chi connectivity index (χ4v) is 2.74. The van der Waals surface area contributed by atoms with Crippen molar-refractivity contribution in [2.45, 2.75) is 19.9 Å². The van der Waals surface area contributed by atoms with Gasteiger partial charge in [-0.05, 0) is 36.8 Å². The van der Waals surface area contributed by atoms with Crippen molar-refractivity contribution in [2.75, 3.05) is 0 Å². The van der Waals surface area contributed by atoms with Crippen LogP contribution < -0.4 is 0 Å². The third-order valence-electron chi connectivity index (χ3n) is 3.25. The molecular formula is C15H15N3S. The number of hydrogen-bond donors (Lipinski definition) is 1. The summed E-state index contributed by atoms with van der Waals surface area (Å²) >= 11 is 5.32. The Hall–Kier alpha value is -1.94. The van der Waals surface area contributed by atoms with Gasteiger partial charge in [-0.25, -0.2) is 0 Å². The molecule has 0 fully saturated rings. The van der Waals surface area contributed by atoms with Crippen molar-refractivity contribution in [1.29, 1.82) is 0 Å². The third-order valence-corrected chi connectivity index (χ3v) is 3.54. The van der Waals surface area contributed by atoms with E-state index in [-0.39, 0.29) is 6.04 Å². The number of benzene rings is 2. The Morgan fingerprint density at radius 1 is 1.11 bits per heavy atom. The van der Waals surface area contributed by atoms with Crippen molar-refractivity contribution in [3.05, 3.63) is 47.2 Å². The monoisotopic (exact) mass is 269 g/mol. The van der Waals surface area contributed by atoms with E-state index in [1.807, 2.05) is 12.1 Å². The van der Waals surface area contributed by atoms with E-state index in [9.17, 15) is 0 Å². The molecule has 0 spiro atoms. The summed E-state index contributed by atoms with van der Waals surface area (Å²) in [6.45, 7) is 4.22. The van der Waals surface area contributed by atoms with Crippen molar-refractivity contribution in [3.63, 3.8) is 0 Å². The van der Waals surface area contributed by atoms with Crippen molar-refractivity contribution in [1.82, 2.24) is 14.8 Å². The molecule has 3 aromatic rings. The molecule has 2 aromatic carbocycles. The van der Waals surface area contributed by atoms with E-state index in [0.29, 0.717) is 4.77 Å². The molecule has 0 atom stereocenters. The highest BCUT2D eigenvalue weighted by Gasteiger charge is 2.13. The second-order valence-corrected chi connectivity index (χ2v) is 5.23. The van der Waals surface area contributed by atoms with Gasteiger partial charge in [-0.1, -0.05) is 42.5 Å². The van der Waals surface area contributed by atoms with Crippen molar-refractivity contribution < 1.29 is 0 Å². The van der Waals surface area contributed by atoms with Crippen molar-refractivity contribution in [3.8, 4) is 11.4 Å². The van der Waals surface area contributed by atoms with Gasteiger partial charge in [0.1, 0.15) is 0 Å². The first kappa shape index (κ1) is 12.1. The summed E-state index contributed by atoms with van der Waals surface area (Å²) in [5.41, 5.74) is 1.11. The van der Waals surface area contributed by atoms with E-state index in [4.69, 9.17) is 12.2 Å². The molecule has 96 valence electrons.